The van der Waals surface area contributed by atoms with Gasteiger partial charge < -0.3 is 5.11 Å². The maximum absolute atomic E-state index is 13.9. The first-order chi connectivity index (χ1) is 8.63. The van der Waals surface area contributed by atoms with E-state index in [-0.39, 0.29) is 16.7 Å². The third-order valence-corrected chi connectivity index (χ3v) is 2.58. The Bertz CT molecular complexity index is 620. The summed E-state index contributed by atoms with van der Waals surface area (Å²) >= 11 is 0. The van der Waals surface area contributed by atoms with Crippen LogP contribution in [0.15, 0.2) is 42.5 Å². The highest BCUT2D eigenvalue weighted by Gasteiger charge is 2.11. The van der Waals surface area contributed by atoms with Gasteiger partial charge in [-0.25, -0.2) is 9.18 Å². The van der Waals surface area contributed by atoms with Crippen LogP contribution < -0.4 is 0 Å². The maximum atomic E-state index is 13.9. The van der Waals surface area contributed by atoms with Gasteiger partial charge in [0.25, 0.3) is 0 Å². The van der Waals surface area contributed by atoms with Gasteiger partial charge in [-0.05, 0) is 23.8 Å². The van der Waals surface area contributed by atoms with Crippen molar-refractivity contribution < 1.29 is 19.1 Å². The van der Waals surface area contributed by atoms with Crippen LogP contribution in [0.4, 0.5) is 4.39 Å². The van der Waals surface area contributed by atoms with Gasteiger partial charge in [-0.15, -0.1) is 0 Å². The molecule has 3 nitrogen and oxygen atoms in total. The van der Waals surface area contributed by atoms with Crippen molar-refractivity contribution in [2.24, 2.45) is 0 Å². The molecule has 0 heterocycles. The van der Waals surface area contributed by atoms with Gasteiger partial charge in [-0.3, -0.25) is 4.79 Å². The molecule has 1 N–H and O–H groups in total. The summed E-state index contributed by atoms with van der Waals surface area (Å²) in [5.41, 5.74) is 0.662. The van der Waals surface area contributed by atoms with Crippen LogP contribution >= 0.6 is 0 Å². The average molecular weight is 244 g/mol. The molecule has 0 atom stereocenters. The van der Waals surface area contributed by atoms with E-state index in [1.807, 2.05) is 0 Å². The normalized spacial score (nSPS) is 10.1. The lowest BCUT2D eigenvalue weighted by Gasteiger charge is -2.06. The predicted molar refractivity (Wildman–Crippen MR) is 64.2 cm³/mol. The van der Waals surface area contributed by atoms with E-state index < -0.39 is 11.8 Å². The van der Waals surface area contributed by atoms with Crippen molar-refractivity contribution in [1.29, 1.82) is 0 Å². The lowest BCUT2D eigenvalue weighted by atomic mass is 10.0. The van der Waals surface area contributed by atoms with Crippen molar-refractivity contribution >= 4 is 12.3 Å². The van der Waals surface area contributed by atoms with Crippen molar-refractivity contribution in [2.75, 3.05) is 0 Å². The minimum atomic E-state index is -1.08. The largest absolute Gasteiger partial charge is 0.478 e. The second kappa shape index (κ2) is 4.79. The van der Waals surface area contributed by atoms with E-state index in [9.17, 15) is 14.0 Å². The average Bonchev–Trinajstić information content (AvgIpc) is 2.39. The van der Waals surface area contributed by atoms with Gasteiger partial charge in [-0.1, -0.05) is 24.3 Å². The maximum Gasteiger partial charge on any atom is 0.335 e. The summed E-state index contributed by atoms with van der Waals surface area (Å²) in [7, 11) is 0. The lowest BCUT2D eigenvalue weighted by molar-refractivity contribution is 0.0696. The summed E-state index contributed by atoms with van der Waals surface area (Å²) in [5, 5.41) is 8.88. The topological polar surface area (TPSA) is 54.4 Å². The Kier molecular flexibility index (Phi) is 3.19. The highest BCUT2D eigenvalue weighted by Crippen LogP contribution is 2.25. The molecule has 90 valence electrons. The first-order valence-corrected chi connectivity index (χ1v) is 5.21. The highest BCUT2D eigenvalue weighted by atomic mass is 19.1. The van der Waals surface area contributed by atoms with Gasteiger partial charge in [-0.2, -0.15) is 0 Å². The standard InChI is InChI=1S/C14H9FO3/c15-13-11(8-16)5-2-6-12(13)9-3-1-4-10(7-9)14(17)18/h1-8H,(H,17,18). The van der Waals surface area contributed by atoms with Crippen molar-refractivity contribution in [2.45, 2.75) is 0 Å². The van der Waals surface area contributed by atoms with Gasteiger partial charge in [0.2, 0.25) is 0 Å². The van der Waals surface area contributed by atoms with E-state index in [1.165, 1.54) is 30.3 Å². The van der Waals surface area contributed by atoms with E-state index in [2.05, 4.69) is 0 Å². The number of carbonyl (C=O) groups is 2. The molecule has 0 aliphatic heterocycles. The summed E-state index contributed by atoms with van der Waals surface area (Å²) < 4.78 is 13.9. The molecule has 0 saturated heterocycles. The van der Waals surface area contributed by atoms with Crippen LogP contribution in [0.1, 0.15) is 20.7 Å². The van der Waals surface area contributed by atoms with Crippen molar-refractivity contribution in [1.82, 2.24) is 0 Å². The fraction of sp³-hybridized carbons (Fsp3) is 0. The Morgan fingerprint density at radius 2 is 1.89 bits per heavy atom. The molecule has 0 saturated carbocycles. The summed E-state index contributed by atoms with van der Waals surface area (Å²) in [6.07, 6.45) is 0.430. The van der Waals surface area contributed by atoms with Crippen molar-refractivity contribution in [3.05, 3.63) is 59.4 Å². The molecule has 0 unspecified atom stereocenters. The summed E-state index contributed by atoms with van der Waals surface area (Å²) in [6, 6.07) is 10.3. The minimum Gasteiger partial charge on any atom is -0.478 e. The number of aldehydes is 1. The number of benzene rings is 2. The predicted octanol–water partition coefficient (Wildman–Crippen LogP) is 3.00. The molecule has 2 aromatic rings. The van der Waals surface area contributed by atoms with Gasteiger partial charge in [0.05, 0.1) is 11.1 Å². The van der Waals surface area contributed by atoms with Gasteiger partial charge in [0.15, 0.2) is 6.29 Å². The van der Waals surface area contributed by atoms with E-state index in [1.54, 1.807) is 12.1 Å². The van der Waals surface area contributed by atoms with Gasteiger partial charge in [0, 0.05) is 5.56 Å². The van der Waals surface area contributed by atoms with Gasteiger partial charge >= 0.3 is 5.97 Å². The van der Waals surface area contributed by atoms with Crippen molar-refractivity contribution in [3.63, 3.8) is 0 Å². The Morgan fingerprint density at radius 3 is 2.56 bits per heavy atom. The van der Waals surface area contributed by atoms with Crippen LogP contribution in [-0.2, 0) is 0 Å². The smallest absolute Gasteiger partial charge is 0.335 e. The molecule has 0 aliphatic rings. The minimum absolute atomic E-state index is 0.0479. The van der Waals surface area contributed by atoms with Crippen LogP contribution in [0.25, 0.3) is 11.1 Å². The molecule has 0 aromatic heterocycles. The Labute approximate surface area is 103 Å². The number of halogens is 1. The molecule has 0 fully saturated rings. The molecule has 18 heavy (non-hydrogen) atoms. The molecular formula is C14H9FO3. The van der Waals surface area contributed by atoms with E-state index in [0.29, 0.717) is 11.8 Å². The third-order valence-electron chi connectivity index (χ3n) is 2.58. The number of hydrogen-bond donors (Lipinski definition) is 1. The summed E-state index contributed by atoms with van der Waals surface area (Å²) in [6.45, 7) is 0. The van der Waals surface area contributed by atoms with Crippen LogP contribution in [0.5, 0.6) is 0 Å². The molecule has 0 bridgehead atoms. The van der Waals surface area contributed by atoms with E-state index in [4.69, 9.17) is 5.11 Å². The number of aromatic carboxylic acids is 1. The zero-order valence-electron chi connectivity index (χ0n) is 9.26. The molecular weight excluding hydrogens is 235 g/mol. The monoisotopic (exact) mass is 244 g/mol. The zero-order chi connectivity index (χ0) is 13.1. The number of carboxylic acids is 1. The number of hydrogen-bond acceptors (Lipinski definition) is 2. The molecule has 4 heteroatoms. The summed E-state index contributed by atoms with van der Waals surface area (Å²) in [4.78, 5) is 21.5. The molecule has 2 rings (SSSR count). The van der Waals surface area contributed by atoms with Crippen LogP contribution in [0, 0.1) is 5.82 Å². The van der Waals surface area contributed by atoms with Gasteiger partial charge in [0.1, 0.15) is 5.82 Å². The fourth-order valence-electron chi connectivity index (χ4n) is 1.68. The molecule has 0 spiro atoms. The first kappa shape index (κ1) is 12.0. The second-order valence-corrected chi connectivity index (χ2v) is 3.71. The molecule has 0 amide bonds. The van der Waals surface area contributed by atoms with E-state index in [0.717, 1.165) is 0 Å². The van der Waals surface area contributed by atoms with Crippen LogP contribution in [0.2, 0.25) is 0 Å². The third kappa shape index (κ3) is 2.13. The fourth-order valence-corrected chi connectivity index (χ4v) is 1.68. The lowest BCUT2D eigenvalue weighted by Crippen LogP contribution is -1.97. The van der Waals surface area contributed by atoms with Crippen molar-refractivity contribution in [3.8, 4) is 11.1 Å². The number of rotatable bonds is 3. The zero-order valence-corrected chi connectivity index (χ0v) is 9.26. The SMILES string of the molecule is O=Cc1cccc(-c2cccc(C(=O)O)c2)c1F. The molecule has 0 aliphatic carbocycles. The Balaban J connectivity index is 2.58. The van der Waals surface area contributed by atoms with Crippen LogP contribution in [0.3, 0.4) is 0 Å². The first-order valence-electron chi connectivity index (χ1n) is 5.21. The number of carbonyl (C=O) groups excluding carboxylic acids is 1. The number of carboxylic acid groups (broad SMARTS) is 1. The summed E-state index contributed by atoms with van der Waals surface area (Å²) in [5.74, 6) is -1.72. The van der Waals surface area contributed by atoms with E-state index >= 15 is 0 Å². The van der Waals surface area contributed by atoms with Crippen LogP contribution in [-0.4, -0.2) is 17.4 Å². The highest BCUT2D eigenvalue weighted by molar-refractivity contribution is 5.89. The molecule has 0 radical (unpaired) electrons. The Hall–Kier alpha value is -2.49. The Morgan fingerprint density at radius 1 is 1.17 bits per heavy atom. The molecule has 2 aromatic carbocycles. The quantitative estimate of drug-likeness (QED) is 0.844. The second-order valence-electron chi connectivity index (χ2n) is 3.71.